The number of para-hydroxylation sites is 1. The minimum Gasteiger partial charge on any atom is -0.397 e. The number of hydrogen-bond acceptors (Lipinski definition) is 2. The Balaban J connectivity index is 2.43. The van der Waals surface area contributed by atoms with Crippen molar-refractivity contribution in [3.8, 4) is 0 Å². The van der Waals surface area contributed by atoms with Gasteiger partial charge in [0.15, 0.2) is 0 Å². The Labute approximate surface area is 95.8 Å². The lowest BCUT2D eigenvalue weighted by atomic mass is 10.1. The number of nitrogen functional groups attached to an aromatic ring is 1. The smallest absolute Gasteiger partial charge is 0.0741 e. The second-order valence-corrected chi connectivity index (χ2v) is 4.37. The molecule has 0 spiro atoms. The predicted octanol–water partition coefficient (Wildman–Crippen LogP) is 2.69. The van der Waals surface area contributed by atoms with Crippen molar-refractivity contribution in [2.45, 2.75) is 26.6 Å². The molecule has 0 radical (unpaired) electrons. The van der Waals surface area contributed by atoms with Crippen molar-refractivity contribution >= 4 is 16.6 Å². The highest BCUT2D eigenvalue weighted by Gasteiger charge is 2.09. The fraction of sp³-hybridized carbons (Fsp3) is 0.385. The largest absolute Gasteiger partial charge is 0.397 e. The SMILES string of the molecule is CC(C)OCc1cn(C)c2c(N)cccc12. The van der Waals surface area contributed by atoms with Gasteiger partial charge in [0.25, 0.3) is 0 Å². The third kappa shape index (κ3) is 1.91. The van der Waals surface area contributed by atoms with E-state index in [1.807, 2.05) is 33.0 Å². The van der Waals surface area contributed by atoms with Crippen LogP contribution in [0, 0.1) is 0 Å². The van der Waals surface area contributed by atoms with Crippen LogP contribution in [0.1, 0.15) is 19.4 Å². The fourth-order valence-electron chi connectivity index (χ4n) is 1.95. The zero-order valence-corrected chi connectivity index (χ0v) is 10.0. The highest BCUT2D eigenvalue weighted by atomic mass is 16.5. The van der Waals surface area contributed by atoms with Crippen LogP contribution in [0.25, 0.3) is 10.9 Å². The van der Waals surface area contributed by atoms with Crippen LogP contribution in [0.3, 0.4) is 0 Å². The van der Waals surface area contributed by atoms with Crippen molar-refractivity contribution in [2.75, 3.05) is 5.73 Å². The first-order chi connectivity index (χ1) is 7.59. The zero-order valence-electron chi connectivity index (χ0n) is 10.0. The van der Waals surface area contributed by atoms with Gasteiger partial charge in [-0.3, -0.25) is 0 Å². The fourth-order valence-corrected chi connectivity index (χ4v) is 1.95. The van der Waals surface area contributed by atoms with E-state index in [4.69, 9.17) is 10.5 Å². The number of fused-ring (bicyclic) bond motifs is 1. The number of benzene rings is 1. The van der Waals surface area contributed by atoms with Gasteiger partial charge in [-0.1, -0.05) is 12.1 Å². The second-order valence-electron chi connectivity index (χ2n) is 4.37. The molecule has 16 heavy (non-hydrogen) atoms. The van der Waals surface area contributed by atoms with Crippen molar-refractivity contribution in [3.05, 3.63) is 30.0 Å². The van der Waals surface area contributed by atoms with Crippen molar-refractivity contribution in [1.29, 1.82) is 0 Å². The number of anilines is 1. The third-order valence-corrected chi connectivity index (χ3v) is 2.69. The molecule has 2 rings (SSSR count). The van der Waals surface area contributed by atoms with Gasteiger partial charge in [0.2, 0.25) is 0 Å². The zero-order chi connectivity index (χ0) is 11.7. The number of nitrogens with two attached hydrogens (primary N) is 1. The Bertz CT molecular complexity index is 500. The molecular formula is C13H18N2O. The van der Waals surface area contributed by atoms with Crippen LogP contribution in [0.5, 0.6) is 0 Å². The molecule has 0 saturated carbocycles. The van der Waals surface area contributed by atoms with E-state index in [9.17, 15) is 0 Å². The molecule has 0 saturated heterocycles. The lowest BCUT2D eigenvalue weighted by Crippen LogP contribution is -2.01. The average Bonchev–Trinajstić information content (AvgIpc) is 2.54. The van der Waals surface area contributed by atoms with E-state index >= 15 is 0 Å². The van der Waals surface area contributed by atoms with Gasteiger partial charge < -0.3 is 15.0 Å². The van der Waals surface area contributed by atoms with Crippen LogP contribution in [-0.4, -0.2) is 10.7 Å². The number of aromatic nitrogens is 1. The van der Waals surface area contributed by atoms with Gasteiger partial charge in [-0.05, 0) is 19.9 Å². The van der Waals surface area contributed by atoms with Crippen molar-refractivity contribution < 1.29 is 4.74 Å². The second kappa shape index (κ2) is 4.18. The Morgan fingerprint density at radius 1 is 1.38 bits per heavy atom. The lowest BCUT2D eigenvalue weighted by Gasteiger charge is -2.06. The van der Waals surface area contributed by atoms with Gasteiger partial charge in [0.05, 0.1) is 23.9 Å². The average molecular weight is 218 g/mol. The van der Waals surface area contributed by atoms with E-state index < -0.39 is 0 Å². The molecule has 2 N–H and O–H groups in total. The van der Waals surface area contributed by atoms with E-state index in [-0.39, 0.29) is 6.10 Å². The van der Waals surface area contributed by atoms with Crippen LogP contribution < -0.4 is 5.73 Å². The molecule has 3 nitrogen and oxygen atoms in total. The molecule has 3 heteroatoms. The molecule has 1 aromatic heterocycles. The number of hydrogen-bond donors (Lipinski definition) is 1. The molecule has 0 bridgehead atoms. The summed E-state index contributed by atoms with van der Waals surface area (Å²) in [5.74, 6) is 0. The summed E-state index contributed by atoms with van der Waals surface area (Å²) in [5.41, 5.74) is 9.06. The number of ether oxygens (including phenoxy) is 1. The van der Waals surface area contributed by atoms with Gasteiger partial charge in [0, 0.05) is 24.2 Å². The minimum absolute atomic E-state index is 0.247. The molecule has 1 aromatic carbocycles. The van der Waals surface area contributed by atoms with E-state index in [1.54, 1.807) is 0 Å². The van der Waals surface area contributed by atoms with E-state index in [2.05, 4.69) is 16.8 Å². The van der Waals surface area contributed by atoms with Crippen LogP contribution in [0.4, 0.5) is 5.69 Å². The van der Waals surface area contributed by atoms with E-state index in [0.29, 0.717) is 6.61 Å². The Hall–Kier alpha value is -1.48. The summed E-state index contributed by atoms with van der Waals surface area (Å²) in [6.45, 7) is 4.72. The normalized spacial score (nSPS) is 11.5. The summed E-state index contributed by atoms with van der Waals surface area (Å²) in [5, 5.41) is 1.18. The molecular weight excluding hydrogens is 200 g/mol. The monoisotopic (exact) mass is 218 g/mol. The molecule has 1 heterocycles. The van der Waals surface area contributed by atoms with E-state index in [1.165, 1.54) is 10.9 Å². The third-order valence-electron chi connectivity index (χ3n) is 2.69. The highest BCUT2D eigenvalue weighted by Crippen LogP contribution is 2.26. The first-order valence-corrected chi connectivity index (χ1v) is 5.53. The maximum atomic E-state index is 5.96. The summed E-state index contributed by atoms with van der Waals surface area (Å²) >= 11 is 0. The van der Waals surface area contributed by atoms with Crippen molar-refractivity contribution in [2.24, 2.45) is 7.05 Å². The molecule has 0 aliphatic carbocycles. The van der Waals surface area contributed by atoms with Crippen LogP contribution >= 0.6 is 0 Å². The Morgan fingerprint density at radius 2 is 2.12 bits per heavy atom. The molecule has 86 valence electrons. The molecule has 0 fully saturated rings. The molecule has 0 unspecified atom stereocenters. The molecule has 2 aromatic rings. The minimum atomic E-state index is 0.247. The number of rotatable bonds is 3. The van der Waals surface area contributed by atoms with Gasteiger partial charge in [-0.2, -0.15) is 0 Å². The predicted molar refractivity (Wildman–Crippen MR) is 67.3 cm³/mol. The van der Waals surface area contributed by atoms with Crippen LogP contribution in [0.15, 0.2) is 24.4 Å². The summed E-state index contributed by atoms with van der Waals surface area (Å²) in [6.07, 6.45) is 2.33. The van der Waals surface area contributed by atoms with Crippen LogP contribution in [0.2, 0.25) is 0 Å². The van der Waals surface area contributed by atoms with Gasteiger partial charge in [-0.25, -0.2) is 0 Å². The highest BCUT2D eigenvalue weighted by molar-refractivity contribution is 5.93. The van der Waals surface area contributed by atoms with Gasteiger partial charge >= 0.3 is 0 Å². The molecule has 0 amide bonds. The standard InChI is InChI=1S/C13H18N2O/c1-9(2)16-8-10-7-15(3)13-11(10)5-4-6-12(13)14/h4-7,9H,8,14H2,1-3H3. The van der Waals surface area contributed by atoms with Crippen molar-refractivity contribution in [1.82, 2.24) is 4.57 Å². The summed E-state index contributed by atoms with van der Waals surface area (Å²) in [7, 11) is 2.01. The van der Waals surface area contributed by atoms with Gasteiger partial charge in [-0.15, -0.1) is 0 Å². The Morgan fingerprint density at radius 3 is 2.81 bits per heavy atom. The molecule has 0 atom stereocenters. The maximum Gasteiger partial charge on any atom is 0.0741 e. The van der Waals surface area contributed by atoms with E-state index in [0.717, 1.165) is 11.2 Å². The molecule has 0 aliphatic rings. The first-order valence-electron chi connectivity index (χ1n) is 5.53. The first kappa shape index (κ1) is 11.0. The summed E-state index contributed by atoms with van der Waals surface area (Å²) in [6, 6.07) is 6.00. The Kier molecular flexibility index (Phi) is 2.88. The molecule has 0 aliphatic heterocycles. The summed E-state index contributed by atoms with van der Waals surface area (Å²) < 4.78 is 7.69. The number of nitrogens with zero attached hydrogens (tertiary/aromatic N) is 1. The van der Waals surface area contributed by atoms with Gasteiger partial charge in [0.1, 0.15) is 0 Å². The van der Waals surface area contributed by atoms with Crippen molar-refractivity contribution in [3.63, 3.8) is 0 Å². The lowest BCUT2D eigenvalue weighted by molar-refractivity contribution is 0.0663. The number of aryl methyl sites for hydroxylation is 1. The quantitative estimate of drug-likeness (QED) is 0.805. The topological polar surface area (TPSA) is 40.2 Å². The van der Waals surface area contributed by atoms with Crippen LogP contribution in [-0.2, 0) is 18.4 Å². The summed E-state index contributed by atoms with van der Waals surface area (Å²) in [4.78, 5) is 0. The maximum absolute atomic E-state index is 5.96.